The van der Waals surface area contributed by atoms with Gasteiger partial charge in [0.25, 0.3) is 0 Å². The van der Waals surface area contributed by atoms with Crippen molar-refractivity contribution in [2.45, 2.75) is 47.0 Å². The highest BCUT2D eigenvalue weighted by atomic mass is 16.2. The predicted octanol–water partition coefficient (Wildman–Crippen LogP) is 3.97. The van der Waals surface area contributed by atoms with E-state index in [-0.39, 0.29) is 16.7 Å². The van der Waals surface area contributed by atoms with Gasteiger partial charge < -0.3 is 5.32 Å². The summed E-state index contributed by atoms with van der Waals surface area (Å²) in [6.45, 7) is 12.3. The lowest BCUT2D eigenvalue weighted by molar-refractivity contribution is -0.123. The third-order valence-corrected chi connectivity index (χ3v) is 2.69. The van der Waals surface area contributed by atoms with E-state index in [0.29, 0.717) is 0 Å². The molecular formula is C15H23NO. The molecule has 0 aliphatic carbocycles. The fourth-order valence-electron chi connectivity index (χ4n) is 1.37. The molecule has 0 spiro atoms. The number of amides is 1. The maximum absolute atomic E-state index is 11.8. The molecule has 2 nitrogen and oxygen atoms in total. The molecule has 1 aromatic rings. The lowest BCUT2D eigenvalue weighted by atomic mass is 9.87. The maximum atomic E-state index is 11.8. The molecule has 1 N–H and O–H groups in total. The standard InChI is InChI=1S/C15H23NO/c1-14(2,3)11-7-9-12(10-8-11)16-13(17)15(4,5)6/h7-10H,1-6H3,(H,16,17). The monoisotopic (exact) mass is 233 g/mol. The Morgan fingerprint density at radius 1 is 0.941 bits per heavy atom. The van der Waals surface area contributed by atoms with Gasteiger partial charge in [0.15, 0.2) is 0 Å². The number of anilines is 1. The van der Waals surface area contributed by atoms with E-state index in [2.05, 4.69) is 38.2 Å². The van der Waals surface area contributed by atoms with Crippen molar-refractivity contribution in [1.29, 1.82) is 0 Å². The Bertz CT molecular complexity index is 390. The van der Waals surface area contributed by atoms with E-state index in [4.69, 9.17) is 0 Å². The van der Waals surface area contributed by atoms with E-state index in [1.165, 1.54) is 5.56 Å². The second kappa shape index (κ2) is 4.52. The van der Waals surface area contributed by atoms with E-state index < -0.39 is 0 Å². The summed E-state index contributed by atoms with van der Waals surface area (Å²) in [6, 6.07) is 8.06. The zero-order chi connectivity index (χ0) is 13.3. The van der Waals surface area contributed by atoms with Gasteiger partial charge in [-0.15, -0.1) is 0 Å². The van der Waals surface area contributed by atoms with Crippen LogP contribution >= 0.6 is 0 Å². The molecule has 0 fully saturated rings. The van der Waals surface area contributed by atoms with Crippen molar-refractivity contribution < 1.29 is 4.79 Å². The van der Waals surface area contributed by atoms with E-state index >= 15 is 0 Å². The van der Waals surface area contributed by atoms with E-state index in [1.807, 2.05) is 32.9 Å². The first kappa shape index (κ1) is 13.8. The molecule has 0 aromatic heterocycles. The number of carbonyl (C=O) groups is 1. The van der Waals surface area contributed by atoms with Gasteiger partial charge in [0.2, 0.25) is 5.91 Å². The molecule has 2 heteroatoms. The summed E-state index contributed by atoms with van der Waals surface area (Å²) in [6.07, 6.45) is 0. The third-order valence-electron chi connectivity index (χ3n) is 2.69. The minimum atomic E-state index is -0.358. The Balaban J connectivity index is 2.80. The topological polar surface area (TPSA) is 29.1 Å². The second-order valence-electron chi connectivity index (χ2n) is 6.53. The van der Waals surface area contributed by atoms with E-state index in [9.17, 15) is 4.79 Å². The summed E-state index contributed by atoms with van der Waals surface area (Å²) in [5, 5.41) is 2.92. The molecule has 1 aromatic carbocycles. The quantitative estimate of drug-likeness (QED) is 0.781. The van der Waals surface area contributed by atoms with Gasteiger partial charge in [-0.1, -0.05) is 53.7 Å². The summed E-state index contributed by atoms with van der Waals surface area (Å²) in [5.74, 6) is 0.0426. The summed E-state index contributed by atoms with van der Waals surface area (Å²) < 4.78 is 0. The van der Waals surface area contributed by atoms with Crippen molar-refractivity contribution in [3.8, 4) is 0 Å². The lowest BCUT2D eigenvalue weighted by Gasteiger charge is -2.20. The van der Waals surface area contributed by atoms with Gasteiger partial charge in [0, 0.05) is 11.1 Å². The molecular weight excluding hydrogens is 210 g/mol. The first-order valence-corrected chi connectivity index (χ1v) is 6.03. The van der Waals surface area contributed by atoms with Crippen molar-refractivity contribution in [3.63, 3.8) is 0 Å². The number of hydrogen-bond acceptors (Lipinski definition) is 1. The molecule has 0 aliphatic heterocycles. The first-order chi connectivity index (χ1) is 7.60. The van der Waals surface area contributed by atoms with Crippen LogP contribution in [0, 0.1) is 5.41 Å². The molecule has 0 atom stereocenters. The molecule has 0 heterocycles. The highest BCUT2D eigenvalue weighted by Crippen LogP contribution is 2.24. The van der Waals surface area contributed by atoms with Crippen molar-refractivity contribution in [1.82, 2.24) is 0 Å². The van der Waals surface area contributed by atoms with Gasteiger partial charge in [0.05, 0.1) is 0 Å². The minimum Gasteiger partial charge on any atom is -0.326 e. The Kier molecular flexibility index (Phi) is 3.65. The van der Waals surface area contributed by atoms with Gasteiger partial charge in [-0.2, -0.15) is 0 Å². The number of hydrogen-bond donors (Lipinski definition) is 1. The van der Waals surface area contributed by atoms with E-state index in [1.54, 1.807) is 0 Å². The Morgan fingerprint density at radius 3 is 1.76 bits per heavy atom. The van der Waals surface area contributed by atoms with Gasteiger partial charge in [-0.05, 0) is 23.1 Å². The number of rotatable bonds is 1. The van der Waals surface area contributed by atoms with Crippen LogP contribution in [0.5, 0.6) is 0 Å². The lowest BCUT2D eigenvalue weighted by Crippen LogP contribution is -2.27. The third kappa shape index (κ3) is 3.88. The Morgan fingerprint density at radius 2 is 1.41 bits per heavy atom. The Labute approximate surface area is 104 Å². The minimum absolute atomic E-state index is 0.0426. The van der Waals surface area contributed by atoms with Crippen LogP contribution in [-0.2, 0) is 10.2 Å². The van der Waals surface area contributed by atoms with Crippen molar-refractivity contribution in [2.24, 2.45) is 5.41 Å². The predicted molar refractivity (Wildman–Crippen MR) is 73.2 cm³/mol. The van der Waals surface area contributed by atoms with E-state index in [0.717, 1.165) is 5.69 Å². The molecule has 94 valence electrons. The molecule has 0 radical (unpaired) electrons. The largest absolute Gasteiger partial charge is 0.326 e. The van der Waals surface area contributed by atoms with Crippen molar-refractivity contribution in [3.05, 3.63) is 29.8 Å². The van der Waals surface area contributed by atoms with Crippen LogP contribution in [0.4, 0.5) is 5.69 Å². The van der Waals surface area contributed by atoms with Gasteiger partial charge in [0.1, 0.15) is 0 Å². The maximum Gasteiger partial charge on any atom is 0.229 e. The van der Waals surface area contributed by atoms with Crippen LogP contribution in [0.2, 0.25) is 0 Å². The number of benzene rings is 1. The van der Waals surface area contributed by atoms with Gasteiger partial charge in [-0.3, -0.25) is 4.79 Å². The van der Waals surface area contributed by atoms with Crippen LogP contribution < -0.4 is 5.32 Å². The van der Waals surface area contributed by atoms with Crippen molar-refractivity contribution >= 4 is 11.6 Å². The average molecular weight is 233 g/mol. The highest BCUT2D eigenvalue weighted by molar-refractivity contribution is 5.94. The van der Waals surface area contributed by atoms with Crippen LogP contribution in [0.3, 0.4) is 0 Å². The zero-order valence-electron chi connectivity index (χ0n) is 11.7. The van der Waals surface area contributed by atoms with Crippen molar-refractivity contribution in [2.75, 3.05) is 5.32 Å². The van der Waals surface area contributed by atoms with Gasteiger partial charge >= 0.3 is 0 Å². The zero-order valence-corrected chi connectivity index (χ0v) is 11.7. The summed E-state index contributed by atoms with van der Waals surface area (Å²) in [4.78, 5) is 11.8. The van der Waals surface area contributed by atoms with Crippen LogP contribution in [0.1, 0.15) is 47.1 Å². The second-order valence-corrected chi connectivity index (χ2v) is 6.53. The fraction of sp³-hybridized carbons (Fsp3) is 0.533. The molecule has 0 unspecified atom stereocenters. The molecule has 1 rings (SSSR count). The summed E-state index contributed by atoms with van der Waals surface area (Å²) >= 11 is 0. The molecule has 0 bridgehead atoms. The molecule has 0 saturated carbocycles. The Hall–Kier alpha value is -1.31. The van der Waals surface area contributed by atoms with Crippen LogP contribution in [0.25, 0.3) is 0 Å². The molecule has 1 amide bonds. The van der Waals surface area contributed by atoms with Gasteiger partial charge in [-0.25, -0.2) is 0 Å². The van der Waals surface area contributed by atoms with Crippen LogP contribution in [-0.4, -0.2) is 5.91 Å². The molecule has 17 heavy (non-hydrogen) atoms. The normalized spacial score (nSPS) is 12.4. The number of nitrogens with one attached hydrogen (secondary N) is 1. The average Bonchev–Trinajstić information content (AvgIpc) is 2.15. The fourth-order valence-corrected chi connectivity index (χ4v) is 1.37. The SMILES string of the molecule is CC(C)(C)C(=O)Nc1ccc(C(C)(C)C)cc1. The molecule has 0 saturated heterocycles. The van der Waals surface area contributed by atoms with Crippen LogP contribution in [0.15, 0.2) is 24.3 Å². The number of carbonyl (C=O) groups excluding carboxylic acids is 1. The summed E-state index contributed by atoms with van der Waals surface area (Å²) in [7, 11) is 0. The smallest absolute Gasteiger partial charge is 0.229 e. The highest BCUT2D eigenvalue weighted by Gasteiger charge is 2.21. The molecule has 0 aliphatic rings. The summed E-state index contributed by atoms with van der Waals surface area (Å²) in [5.41, 5.74) is 1.92. The first-order valence-electron chi connectivity index (χ1n) is 6.03.